The summed E-state index contributed by atoms with van der Waals surface area (Å²) in [5.41, 5.74) is 0. The van der Waals surface area contributed by atoms with Crippen molar-refractivity contribution >= 4 is 22.6 Å². The van der Waals surface area contributed by atoms with Gasteiger partial charge in [-0.05, 0) is 30.6 Å². The monoisotopic (exact) mass is 364 g/mol. The molecule has 0 bridgehead atoms. The van der Waals surface area contributed by atoms with E-state index in [0.717, 1.165) is 17.8 Å². The van der Waals surface area contributed by atoms with E-state index in [2.05, 4.69) is 62.4 Å². The highest BCUT2D eigenvalue weighted by atomic mass is 127. The number of allylic oxidation sites excluding steroid dienone is 2. The molecule has 0 saturated carbocycles. The van der Waals surface area contributed by atoms with Crippen LogP contribution >= 0.6 is 22.6 Å². The minimum Gasteiger partial charge on any atom is -0.0883 e. The molecule has 0 aromatic heterocycles. The zero-order valence-corrected chi connectivity index (χ0v) is 15.1. The SMILES string of the molecule is CCCCCCCC/C=C\C(C)C(C)C(C)CI. The number of halogens is 1. The van der Waals surface area contributed by atoms with Gasteiger partial charge in [-0.15, -0.1) is 0 Å². The molecule has 0 aromatic rings. The summed E-state index contributed by atoms with van der Waals surface area (Å²) in [6.45, 7) is 9.41. The molecule has 18 heavy (non-hydrogen) atoms. The Morgan fingerprint density at radius 2 is 1.56 bits per heavy atom. The van der Waals surface area contributed by atoms with Gasteiger partial charge in [-0.3, -0.25) is 0 Å². The van der Waals surface area contributed by atoms with Crippen LogP contribution in [0.1, 0.15) is 72.6 Å². The topological polar surface area (TPSA) is 0 Å². The van der Waals surface area contributed by atoms with Gasteiger partial charge >= 0.3 is 0 Å². The fourth-order valence-corrected chi connectivity index (χ4v) is 2.99. The third kappa shape index (κ3) is 9.41. The van der Waals surface area contributed by atoms with Crippen LogP contribution in [0.5, 0.6) is 0 Å². The van der Waals surface area contributed by atoms with Crippen LogP contribution in [0, 0.1) is 17.8 Å². The van der Waals surface area contributed by atoms with Gasteiger partial charge in [0.1, 0.15) is 0 Å². The molecular formula is C17H33I. The first-order valence-corrected chi connectivity index (χ1v) is 9.38. The number of hydrogen-bond acceptors (Lipinski definition) is 0. The first-order chi connectivity index (χ1) is 8.63. The van der Waals surface area contributed by atoms with Gasteiger partial charge in [0.15, 0.2) is 0 Å². The van der Waals surface area contributed by atoms with E-state index in [-0.39, 0.29) is 0 Å². The molecule has 0 aliphatic heterocycles. The van der Waals surface area contributed by atoms with E-state index in [1.807, 2.05) is 0 Å². The van der Waals surface area contributed by atoms with Crippen molar-refractivity contribution in [2.75, 3.05) is 4.43 Å². The lowest BCUT2D eigenvalue weighted by Gasteiger charge is -2.22. The molecule has 0 aliphatic rings. The van der Waals surface area contributed by atoms with Crippen molar-refractivity contribution in [1.29, 1.82) is 0 Å². The molecule has 3 atom stereocenters. The molecule has 0 aromatic carbocycles. The van der Waals surface area contributed by atoms with Gasteiger partial charge in [-0.2, -0.15) is 0 Å². The summed E-state index contributed by atoms with van der Waals surface area (Å²) in [6.07, 6.45) is 14.6. The minimum absolute atomic E-state index is 0.731. The molecule has 0 heterocycles. The zero-order chi connectivity index (χ0) is 13.8. The molecule has 108 valence electrons. The lowest BCUT2D eigenvalue weighted by Crippen LogP contribution is -2.15. The van der Waals surface area contributed by atoms with E-state index < -0.39 is 0 Å². The van der Waals surface area contributed by atoms with Gasteiger partial charge in [-0.25, -0.2) is 0 Å². The van der Waals surface area contributed by atoms with Crippen molar-refractivity contribution in [3.8, 4) is 0 Å². The molecule has 0 aliphatic carbocycles. The fourth-order valence-electron chi connectivity index (χ4n) is 2.19. The fraction of sp³-hybridized carbons (Fsp3) is 0.882. The summed E-state index contributed by atoms with van der Waals surface area (Å²) in [4.78, 5) is 0. The molecule has 0 rings (SSSR count). The Balaban J connectivity index is 3.56. The minimum atomic E-state index is 0.731. The largest absolute Gasteiger partial charge is 0.0883 e. The normalized spacial score (nSPS) is 16.9. The molecular weight excluding hydrogens is 331 g/mol. The van der Waals surface area contributed by atoms with Crippen LogP contribution in [0.2, 0.25) is 0 Å². The number of alkyl halides is 1. The molecule has 0 N–H and O–H groups in total. The average molecular weight is 364 g/mol. The summed E-state index contributed by atoms with van der Waals surface area (Å²) >= 11 is 2.50. The first-order valence-electron chi connectivity index (χ1n) is 7.86. The van der Waals surface area contributed by atoms with Gasteiger partial charge in [-0.1, -0.05) is 94.5 Å². The lowest BCUT2D eigenvalue weighted by atomic mass is 9.86. The van der Waals surface area contributed by atoms with Crippen LogP contribution in [-0.2, 0) is 0 Å². The van der Waals surface area contributed by atoms with Gasteiger partial charge in [0, 0.05) is 4.43 Å². The highest BCUT2D eigenvalue weighted by Gasteiger charge is 2.15. The number of unbranched alkanes of at least 4 members (excludes halogenated alkanes) is 6. The zero-order valence-electron chi connectivity index (χ0n) is 12.9. The Labute approximate surface area is 129 Å². The van der Waals surface area contributed by atoms with Crippen molar-refractivity contribution in [2.45, 2.75) is 72.6 Å². The summed E-state index contributed by atoms with van der Waals surface area (Å²) in [5, 5.41) is 0. The average Bonchev–Trinajstić information content (AvgIpc) is 2.39. The second-order valence-corrected chi connectivity index (χ2v) is 6.72. The summed E-state index contributed by atoms with van der Waals surface area (Å²) in [5.74, 6) is 2.37. The Hall–Kier alpha value is 0.470. The van der Waals surface area contributed by atoms with Crippen LogP contribution in [0.15, 0.2) is 12.2 Å². The van der Waals surface area contributed by atoms with E-state index in [1.165, 1.54) is 49.4 Å². The van der Waals surface area contributed by atoms with Crippen molar-refractivity contribution in [3.63, 3.8) is 0 Å². The Morgan fingerprint density at radius 1 is 0.944 bits per heavy atom. The van der Waals surface area contributed by atoms with E-state index in [0.29, 0.717) is 0 Å². The van der Waals surface area contributed by atoms with Crippen molar-refractivity contribution in [1.82, 2.24) is 0 Å². The van der Waals surface area contributed by atoms with Crippen LogP contribution in [0.3, 0.4) is 0 Å². The molecule has 0 radical (unpaired) electrons. The lowest BCUT2D eigenvalue weighted by molar-refractivity contribution is 0.350. The summed E-state index contributed by atoms with van der Waals surface area (Å²) in [7, 11) is 0. The maximum atomic E-state index is 2.50. The molecule has 0 amide bonds. The highest BCUT2D eigenvalue weighted by Crippen LogP contribution is 2.23. The van der Waals surface area contributed by atoms with Crippen LogP contribution < -0.4 is 0 Å². The molecule has 3 unspecified atom stereocenters. The molecule has 0 spiro atoms. The molecule has 0 fully saturated rings. The van der Waals surface area contributed by atoms with E-state index in [4.69, 9.17) is 0 Å². The van der Waals surface area contributed by atoms with Gasteiger partial charge in [0.05, 0.1) is 0 Å². The predicted octanol–water partition coefficient (Wildman–Crippen LogP) is 6.64. The summed E-state index contributed by atoms with van der Waals surface area (Å²) in [6, 6.07) is 0. The Morgan fingerprint density at radius 3 is 2.17 bits per heavy atom. The van der Waals surface area contributed by atoms with Crippen LogP contribution in [0.4, 0.5) is 0 Å². The maximum absolute atomic E-state index is 2.50. The number of rotatable bonds is 11. The van der Waals surface area contributed by atoms with Gasteiger partial charge < -0.3 is 0 Å². The Kier molecular flexibility index (Phi) is 12.8. The smallest absolute Gasteiger partial charge is 0.00238 e. The van der Waals surface area contributed by atoms with Crippen LogP contribution in [0.25, 0.3) is 0 Å². The van der Waals surface area contributed by atoms with E-state index in [1.54, 1.807) is 0 Å². The quantitative estimate of drug-likeness (QED) is 0.167. The van der Waals surface area contributed by atoms with E-state index >= 15 is 0 Å². The number of hydrogen-bond donors (Lipinski definition) is 0. The molecule has 0 nitrogen and oxygen atoms in total. The third-order valence-electron chi connectivity index (χ3n) is 4.13. The maximum Gasteiger partial charge on any atom is 0.00238 e. The highest BCUT2D eigenvalue weighted by molar-refractivity contribution is 14.1. The molecule has 0 saturated heterocycles. The van der Waals surface area contributed by atoms with Gasteiger partial charge in [0.25, 0.3) is 0 Å². The summed E-state index contributed by atoms with van der Waals surface area (Å²) < 4.78 is 1.27. The standard InChI is InChI=1S/C17H33I/c1-5-6-7-8-9-10-11-12-13-15(2)17(4)16(3)14-18/h12-13,15-17H,5-11,14H2,1-4H3/b13-12-. The predicted molar refractivity (Wildman–Crippen MR) is 93.5 cm³/mol. The Bertz CT molecular complexity index is 198. The first kappa shape index (κ1) is 18.5. The van der Waals surface area contributed by atoms with Crippen LogP contribution in [-0.4, -0.2) is 4.43 Å². The third-order valence-corrected chi connectivity index (χ3v) is 5.52. The molecule has 1 heteroatoms. The second-order valence-electron chi connectivity index (χ2n) is 5.83. The van der Waals surface area contributed by atoms with Crippen molar-refractivity contribution in [2.24, 2.45) is 17.8 Å². The van der Waals surface area contributed by atoms with E-state index in [9.17, 15) is 0 Å². The van der Waals surface area contributed by atoms with Gasteiger partial charge in [0.2, 0.25) is 0 Å². The second kappa shape index (κ2) is 12.5. The van der Waals surface area contributed by atoms with Crippen molar-refractivity contribution < 1.29 is 0 Å². The van der Waals surface area contributed by atoms with Crippen molar-refractivity contribution in [3.05, 3.63) is 12.2 Å².